The molecule has 7 heteroatoms. The highest BCUT2D eigenvalue weighted by atomic mass is 32.2. The van der Waals surface area contributed by atoms with Crippen LogP contribution in [0.5, 0.6) is 0 Å². The molecule has 1 aromatic heterocycles. The molecule has 0 bridgehead atoms. The van der Waals surface area contributed by atoms with Gasteiger partial charge in [0.05, 0.1) is 17.2 Å². The standard InChI is InChI=1S/C12H22N4O2S/c1-16-9-10(8-14-16)5-6-11(15-13)12-4-2-3-7-19(12,17)18/h8-9,11-12,15H,2-7,13H2,1H3. The van der Waals surface area contributed by atoms with E-state index in [0.717, 1.165) is 24.8 Å². The first-order chi connectivity index (χ1) is 9.03. The fourth-order valence-electron chi connectivity index (χ4n) is 2.73. The molecule has 2 rings (SSSR count). The molecule has 1 aliphatic heterocycles. The summed E-state index contributed by atoms with van der Waals surface area (Å²) in [4.78, 5) is 0. The minimum atomic E-state index is -3.00. The van der Waals surface area contributed by atoms with E-state index in [4.69, 9.17) is 5.84 Å². The lowest BCUT2D eigenvalue weighted by atomic mass is 10.0. The number of aryl methyl sites for hydroxylation is 2. The first-order valence-corrected chi connectivity index (χ1v) is 8.39. The topological polar surface area (TPSA) is 90.0 Å². The van der Waals surface area contributed by atoms with Crippen molar-refractivity contribution < 1.29 is 8.42 Å². The Kier molecular flexibility index (Phi) is 4.59. The van der Waals surface area contributed by atoms with E-state index in [1.165, 1.54) is 0 Å². The molecule has 2 unspecified atom stereocenters. The monoisotopic (exact) mass is 286 g/mol. The maximum Gasteiger partial charge on any atom is 0.154 e. The van der Waals surface area contributed by atoms with Crippen LogP contribution >= 0.6 is 0 Å². The molecule has 3 N–H and O–H groups in total. The van der Waals surface area contributed by atoms with E-state index in [0.29, 0.717) is 18.6 Å². The van der Waals surface area contributed by atoms with Crippen LogP contribution in [-0.2, 0) is 23.3 Å². The Morgan fingerprint density at radius 2 is 2.37 bits per heavy atom. The van der Waals surface area contributed by atoms with Crippen LogP contribution in [-0.4, -0.2) is 35.2 Å². The van der Waals surface area contributed by atoms with Crippen molar-refractivity contribution in [2.75, 3.05) is 5.75 Å². The Morgan fingerprint density at radius 3 is 2.95 bits per heavy atom. The maximum atomic E-state index is 12.1. The van der Waals surface area contributed by atoms with Crippen LogP contribution in [0.4, 0.5) is 0 Å². The molecular weight excluding hydrogens is 264 g/mol. The van der Waals surface area contributed by atoms with Gasteiger partial charge < -0.3 is 0 Å². The normalized spacial score (nSPS) is 24.2. The molecule has 0 aliphatic carbocycles. The molecule has 0 radical (unpaired) electrons. The summed E-state index contributed by atoms with van der Waals surface area (Å²) >= 11 is 0. The minimum Gasteiger partial charge on any atom is -0.276 e. The number of rotatable bonds is 5. The van der Waals surface area contributed by atoms with Crippen molar-refractivity contribution in [1.29, 1.82) is 0 Å². The van der Waals surface area contributed by atoms with Gasteiger partial charge in [0.15, 0.2) is 9.84 Å². The molecule has 0 saturated carbocycles. The zero-order chi connectivity index (χ0) is 13.9. The van der Waals surface area contributed by atoms with E-state index >= 15 is 0 Å². The Balaban J connectivity index is 1.99. The molecule has 1 aliphatic rings. The average Bonchev–Trinajstić information content (AvgIpc) is 2.77. The fraction of sp³-hybridized carbons (Fsp3) is 0.750. The second-order valence-corrected chi connectivity index (χ2v) is 7.57. The van der Waals surface area contributed by atoms with Crippen LogP contribution < -0.4 is 11.3 Å². The summed E-state index contributed by atoms with van der Waals surface area (Å²) < 4.78 is 25.9. The third-order valence-electron chi connectivity index (χ3n) is 3.79. The van der Waals surface area contributed by atoms with Crippen LogP contribution in [0.2, 0.25) is 0 Å². The predicted octanol–water partition coefficient (Wildman–Crippen LogP) is 0.152. The van der Waals surface area contributed by atoms with E-state index in [9.17, 15) is 8.42 Å². The summed E-state index contributed by atoms with van der Waals surface area (Å²) in [5.41, 5.74) is 3.81. The molecule has 2 atom stereocenters. The molecule has 0 aromatic carbocycles. The van der Waals surface area contributed by atoms with Crippen molar-refractivity contribution in [2.24, 2.45) is 12.9 Å². The van der Waals surface area contributed by atoms with Gasteiger partial charge in [-0.25, -0.2) is 8.42 Å². The third kappa shape index (κ3) is 3.55. The quantitative estimate of drug-likeness (QED) is 0.594. The highest BCUT2D eigenvalue weighted by Crippen LogP contribution is 2.24. The van der Waals surface area contributed by atoms with Crippen molar-refractivity contribution in [3.8, 4) is 0 Å². The van der Waals surface area contributed by atoms with Gasteiger partial charge in [-0.2, -0.15) is 5.10 Å². The third-order valence-corrected chi connectivity index (χ3v) is 6.14. The van der Waals surface area contributed by atoms with E-state index in [-0.39, 0.29) is 11.3 Å². The smallest absolute Gasteiger partial charge is 0.154 e. The van der Waals surface area contributed by atoms with E-state index < -0.39 is 9.84 Å². The van der Waals surface area contributed by atoms with E-state index in [1.54, 1.807) is 4.68 Å². The summed E-state index contributed by atoms with van der Waals surface area (Å²) in [6.07, 6.45) is 7.71. The van der Waals surface area contributed by atoms with Gasteiger partial charge in [-0.1, -0.05) is 6.42 Å². The second kappa shape index (κ2) is 6.02. The molecular formula is C12H22N4O2S. The lowest BCUT2D eigenvalue weighted by Gasteiger charge is -2.29. The number of aromatic nitrogens is 2. The largest absolute Gasteiger partial charge is 0.276 e. The summed E-state index contributed by atoms with van der Waals surface area (Å²) in [5, 5.41) is 3.76. The summed E-state index contributed by atoms with van der Waals surface area (Å²) in [7, 11) is -1.13. The Hall–Kier alpha value is -0.920. The fourth-order valence-corrected chi connectivity index (χ4v) is 4.88. The van der Waals surface area contributed by atoms with Crippen molar-refractivity contribution in [1.82, 2.24) is 15.2 Å². The number of nitrogens with one attached hydrogen (secondary N) is 1. The zero-order valence-corrected chi connectivity index (χ0v) is 12.1. The Morgan fingerprint density at radius 1 is 1.58 bits per heavy atom. The summed E-state index contributed by atoms with van der Waals surface area (Å²) in [6.45, 7) is 0. The van der Waals surface area contributed by atoms with Crippen LogP contribution in [0, 0.1) is 0 Å². The molecule has 0 amide bonds. The molecule has 19 heavy (non-hydrogen) atoms. The van der Waals surface area contributed by atoms with Crippen molar-refractivity contribution in [3.05, 3.63) is 18.0 Å². The van der Waals surface area contributed by atoms with Crippen LogP contribution in [0.3, 0.4) is 0 Å². The number of hydrogen-bond donors (Lipinski definition) is 2. The Labute approximate surface area is 114 Å². The molecule has 1 fully saturated rings. The van der Waals surface area contributed by atoms with Crippen molar-refractivity contribution in [3.63, 3.8) is 0 Å². The van der Waals surface area contributed by atoms with Gasteiger partial charge in [0, 0.05) is 19.3 Å². The highest BCUT2D eigenvalue weighted by molar-refractivity contribution is 7.92. The van der Waals surface area contributed by atoms with Gasteiger partial charge in [-0.05, 0) is 31.2 Å². The van der Waals surface area contributed by atoms with Crippen molar-refractivity contribution in [2.45, 2.75) is 43.4 Å². The number of nitrogens with zero attached hydrogens (tertiary/aromatic N) is 2. The lowest BCUT2D eigenvalue weighted by molar-refractivity contribution is 0.423. The van der Waals surface area contributed by atoms with Gasteiger partial charge in [0.1, 0.15) is 0 Å². The molecule has 0 spiro atoms. The van der Waals surface area contributed by atoms with Gasteiger partial charge in [0.2, 0.25) is 0 Å². The number of hydrazine groups is 1. The zero-order valence-electron chi connectivity index (χ0n) is 11.2. The molecule has 1 saturated heterocycles. The highest BCUT2D eigenvalue weighted by Gasteiger charge is 2.34. The van der Waals surface area contributed by atoms with Crippen LogP contribution in [0.1, 0.15) is 31.2 Å². The Bertz CT molecular complexity index is 512. The summed E-state index contributed by atoms with van der Waals surface area (Å²) in [5.74, 6) is 5.85. The SMILES string of the molecule is Cn1cc(CCC(NN)C2CCCCS2(=O)=O)cn1. The number of hydrogen-bond acceptors (Lipinski definition) is 5. The maximum absolute atomic E-state index is 12.1. The van der Waals surface area contributed by atoms with E-state index in [1.807, 2.05) is 19.4 Å². The lowest BCUT2D eigenvalue weighted by Crippen LogP contribution is -2.49. The number of nitrogens with two attached hydrogens (primary N) is 1. The van der Waals surface area contributed by atoms with Crippen LogP contribution in [0.25, 0.3) is 0 Å². The minimum absolute atomic E-state index is 0.175. The van der Waals surface area contributed by atoms with Crippen LogP contribution in [0.15, 0.2) is 12.4 Å². The van der Waals surface area contributed by atoms with Gasteiger partial charge >= 0.3 is 0 Å². The molecule has 1 aromatic rings. The van der Waals surface area contributed by atoms with Gasteiger partial charge in [0.25, 0.3) is 0 Å². The van der Waals surface area contributed by atoms with Gasteiger partial charge in [-0.15, -0.1) is 0 Å². The predicted molar refractivity (Wildman–Crippen MR) is 74.1 cm³/mol. The molecule has 108 valence electrons. The first-order valence-electron chi connectivity index (χ1n) is 6.68. The van der Waals surface area contributed by atoms with E-state index in [2.05, 4.69) is 10.5 Å². The first kappa shape index (κ1) is 14.5. The second-order valence-electron chi connectivity index (χ2n) is 5.24. The summed E-state index contributed by atoms with van der Waals surface area (Å²) in [6, 6.07) is -0.175. The van der Waals surface area contributed by atoms with Crippen molar-refractivity contribution >= 4 is 9.84 Å². The molecule has 2 heterocycles. The van der Waals surface area contributed by atoms with Gasteiger partial charge in [-0.3, -0.25) is 16.0 Å². The average molecular weight is 286 g/mol. The number of sulfone groups is 1. The molecule has 6 nitrogen and oxygen atoms in total.